The minimum atomic E-state index is -0.934. The highest BCUT2D eigenvalue weighted by atomic mass is 16.6. The average molecular weight is 453 g/mol. The molecule has 0 aliphatic carbocycles. The van der Waals surface area contributed by atoms with Gasteiger partial charge >= 0.3 is 0 Å². The van der Waals surface area contributed by atoms with Gasteiger partial charge in [0.05, 0.1) is 12.7 Å². The molecule has 4 nitrogen and oxygen atoms in total. The van der Waals surface area contributed by atoms with Gasteiger partial charge in [-0.15, -0.1) is 0 Å². The summed E-state index contributed by atoms with van der Waals surface area (Å²) >= 11 is 0. The third kappa shape index (κ3) is 7.20. The molecule has 0 aliphatic heterocycles. The summed E-state index contributed by atoms with van der Waals surface area (Å²) in [5.41, 5.74) is 1.19. The van der Waals surface area contributed by atoms with E-state index in [1.54, 1.807) is 20.8 Å². The number of hydrogen-bond acceptors (Lipinski definition) is 4. The Morgan fingerprint density at radius 3 is 1.73 bits per heavy atom. The lowest BCUT2D eigenvalue weighted by atomic mass is 9.78. The van der Waals surface area contributed by atoms with Crippen LogP contribution in [-0.4, -0.2) is 29.7 Å². The predicted octanol–water partition coefficient (Wildman–Crippen LogP) is 6.90. The number of rotatable bonds is 11. The Hall–Kier alpha value is -2.59. The fourth-order valence-corrected chi connectivity index (χ4v) is 3.61. The van der Waals surface area contributed by atoms with Crippen molar-refractivity contribution in [1.29, 1.82) is 0 Å². The van der Waals surface area contributed by atoms with Gasteiger partial charge in [-0.25, -0.2) is 0 Å². The van der Waals surface area contributed by atoms with Gasteiger partial charge in [-0.3, -0.25) is 4.79 Å². The van der Waals surface area contributed by atoms with Crippen LogP contribution in [0.15, 0.2) is 60.7 Å². The van der Waals surface area contributed by atoms with Gasteiger partial charge in [-0.1, -0.05) is 44.7 Å². The zero-order valence-corrected chi connectivity index (χ0v) is 21.7. The second kappa shape index (κ2) is 10.1. The summed E-state index contributed by atoms with van der Waals surface area (Å²) in [6, 6.07) is 16.5. The third-order valence-electron chi connectivity index (χ3n) is 5.63. The first kappa shape index (κ1) is 26.7. The number of Topliss-reactive ketones (excluding diaryl/α,β-unsaturated/α-hetero) is 1. The highest BCUT2D eigenvalue weighted by Gasteiger charge is 2.32. The molecular weight excluding hydrogens is 412 g/mol. The molecule has 2 aromatic rings. The van der Waals surface area contributed by atoms with Gasteiger partial charge < -0.3 is 14.2 Å². The van der Waals surface area contributed by atoms with Gasteiger partial charge in [0.2, 0.25) is 0 Å². The largest absolute Gasteiger partial charge is 0.491 e. The minimum absolute atomic E-state index is 0.103. The van der Waals surface area contributed by atoms with E-state index >= 15 is 0 Å². The topological polar surface area (TPSA) is 44.8 Å². The second-order valence-electron chi connectivity index (χ2n) is 10.6. The maximum atomic E-state index is 12.3. The molecule has 0 bridgehead atoms. The number of hydrogen-bond donors (Lipinski definition) is 0. The Kier molecular flexibility index (Phi) is 8.18. The summed E-state index contributed by atoms with van der Waals surface area (Å²) in [5.74, 6) is 1.53. The Labute approximate surface area is 200 Å². The van der Waals surface area contributed by atoms with Crippen molar-refractivity contribution < 1.29 is 19.0 Å². The highest BCUT2D eigenvalue weighted by molar-refractivity contribution is 6.00. The van der Waals surface area contributed by atoms with Crippen LogP contribution in [0, 0.1) is 0 Å². The molecule has 0 aromatic heterocycles. The molecular formula is C29H40O4. The van der Waals surface area contributed by atoms with Gasteiger partial charge in [-0.05, 0) is 89.4 Å². The van der Waals surface area contributed by atoms with Crippen molar-refractivity contribution in [3.63, 3.8) is 0 Å². The summed E-state index contributed by atoms with van der Waals surface area (Å²) in [5, 5.41) is 0. The standard InChI is InChI=1S/C29H40O4/c1-20(2)26(30)29(9,10)31-19-27(5,6)33-25-17-13-23(14-18-25)28(7,8)22-11-15-24(16-12-22)32-21(3)4/h11-18,21H,1,19H2,2-10H3. The normalized spacial score (nSPS) is 12.5. The van der Waals surface area contributed by atoms with E-state index in [1.807, 2.05) is 52.0 Å². The second-order valence-corrected chi connectivity index (χ2v) is 10.6. The monoisotopic (exact) mass is 452 g/mol. The highest BCUT2D eigenvalue weighted by Crippen LogP contribution is 2.34. The Morgan fingerprint density at radius 2 is 1.30 bits per heavy atom. The van der Waals surface area contributed by atoms with Crippen LogP contribution >= 0.6 is 0 Å². The lowest BCUT2D eigenvalue weighted by Gasteiger charge is -2.32. The van der Waals surface area contributed by atoms with E-state index in [4.69, 9.17) is 14.2 Å². The summed E-state index contributed by atoms with van der Waals surface area (Å²) in [7, 11) is 0. The molecule has 2 aromatic carbocycles. The van der Waals surface area contributed by atoms with Crippen molar-refractivity contribution in [1.82, 2.24) is 0 Å². The van der Waals surface area contributed by atoms with Crippen LogP contribution in [0.1, 0.15) is 73.4 Å². The first-order chi connectivity index (χ1) is 15.1. The molecule has 0 radical (unpaired) electrons. The van der Waals surface area contributed by atoms with Crippen LogP contribution in [-0.2, 0) is 14.9 Å². The fourth-order valence-electron chi connectivity index (χ4n) is 3.61. The summed E-state index contributed by atoms with van der Waals surface area (Å²) < 4.78 is 17.9. The van der Waals surface area contributed by atoms with E-state index in [2.05, 4.69) is 44.7 Å². The van der Waals surface area contributed by atoms with Gasteiger partial charge in [0.15, 0.2) is 5.78 Å². The molecule has 0 N–H and O–H groups in total. The van der Waals surface area contributed by atoms with Crippen molar-refractivity contribution >= 4 is 5.78 Å². The van der Waals surface area contributed by atoms with E-state index < -0.39 is 11.2 Å². The van der Waals surface area contributed by atoms with Crippen LogP contribution in [0.3, 0.4) is 0 Å². The van der Waals surface area contributed by atoms with Crippen molar-refractivity contribution in [3.8, 4) is 11.5 Å². The molecule has 180 valence electrons. The molecule has 33 heavy (non-hydrogen) atoms. The molecule has 0 saturated heterocycles. The summed E-state index contributed by atoms with van der Waals surface area (Å²) in [6.45, 7) is 21.6. The van der Waals surface area contributed by atoms with Crippen LogP contribution in [0.25, 0.3) is 0 Å². The van der Waals surface area contributed by atoms with Gasteiger partial charge in [0, 0.05) is 5.41 Å². The summed E-state index contributed by atoms with van der Waals surface area (Å²) in [6.07, 6.45) is 0.156. The Morgan fingerprint density at radius 1 is 0.848 bits per heavy atom. The van der Waals surface area contributed by atoms with Crippen LogP contribution in [0.2, 0.25) is 0 Å². The van der Waals surface area contributed by atoms with Gasteiger partial charge in [-0.2, -0.15) is 0 Å². The van der Waals surface area contributed by atoms with Gasteiger partial charge in [0.1, 0.15) is 22.7 Å². The smallest absolute Gasteiger partial charge is 0.189 e. The molecule has 0 amide bonds. The fraction of sp³-hybridized carbons (Fsp3) is 0.483. The first-order valence-corrected chi connectivity index (χ1v) is 11.5. The zero-order chi connectivity index (χ0) is 25.0. The third-order valence-corrected chi connectivity index (χ3v) is 5.63. The lowest BCUT2D eigenvalue weighted by Crippen LogP contribution is -2.42. The Bertz CT molecular complexity index is 948. The van der Waals surface area contributed by atoms with E-state index in [1.165, 1.54) is 11.1 Å². The molecule has 0 heterocycles. The van der Waals surface area contributed by atoms with E-state index in [0.717, 1.165) is 11.5 Å². The lowest BCUT2D eigenvalue weighted by molar-refractivity contribution is -0.142. The van der Waals surface area contributed by atoms with Crippen molar-refractivity contribution in [3.05, 3.63) is 71.8 Å². The first-order valence-electron chi connectivity index (χ1n) is 11.5. The van der Waals surface area contributed by atoms with Crippen LogP contribution in [0.5, 0.6) is 11.5 Å². The predicted molar refractivity (Wildman–Crippen MR) is 135 cm³/mol. The van der Waals surface area contributed by atoms with Crippen LogP contribution < -0.4 is 9.47 Å². The number of carbonyl (C=O) groups is 1. The SMILES string of the molecule is C=C(C)C(=O)C(C)(C)OCC(C)(C)Oc1ccc(C(C)(C)c2ccc(OC(C)C)cc2)cc1. The van der Waals surface area contributed by atoms with E-state index in [-0.39, 0.29) is 23.9 Å². The average Bonchev–Trinajstić information content (AvgIpc) is 2.72. The van der Waals surface area contributed by atoms with Crippen molar-refractivity contribution in [2.45, 2.75) is 85.0 Å². The number of ether oxygens (including phenoxy) is 3. The molecule has 0 aliphatic rings. The maximum absolute atomic E-state index is 12.3. The molecule has 0 fully saturated rings. The van der Waals surface area contributed by atoms with E-state index in [9.17, 15) is 4.79 Å². The quantitative estimate of drug-likeness (QED) is 0.348. The van der Waals surface area contributed by atoms with Gasteiger partial charge in [0.25, 0.3) is 0 Å². The molecule has 4 heteroatoms. The van der Waals surface area contributed by atoms with Crippen molar-refractivity contribution in [2.24, 2.45) is 0 Å². The maximum Gasteiger partial charge on any atom is 0.189 e. The number of benzene rings is 2. The minimum Gasteiger partial charge on any atom is -0.491 e. The van der Waals surface area contributed by atoms with Crippen LogP contribution in [0.4, 0.5) is 0 Å². The molecule has 0 unspecified atom stereocenters. The molecule has 0 atom stereocenters. The molecule has 0 saturated carbocycles. The molecule has 2 rings (SSSR count). The Balaban J connectivity index is 2.07. The number of ketones is 1. The summed E-state index contributed by atoms with van der Waals surface area (Å²) in [4.78, 5) is 12.3. The zero-order valence-electron chi connectivity index (χ0n) is 21.7. The van der Waals surface area contributed by atoms with Crippen molar-refractivity contribution in [2.75, 3.05) is 6.61 Å². The number of carbonyl (C=O) groups excluding carboxylic acids is 1. The molecule has 0 spiro atoms. The van der Waals surface area contributed by atoms with E-state index in [0.29, 0.717) is 5.57 Å².